The zero-order chi connectivity index (χ0) is 24.7. The summed E-state index contributed by atoms with van der Waals surface area (Å²) < 4.78 is 12.6. The molecule has 0 amide bonds. The minimum Gasteiger partial charge on any atom is -0.494 e. The van der Waals surface area contributed by atoms with E-state index in [1.54, 1.807) is 30.3 Å². The number of aliphatic carboxylic acids is 1. The van der Waals surface area contributed by atoms with E-state index in [2.05, 4.69) is 0 Å². The van der Waals surface area contributed by atoms with Crippen LogP contribution in [0.5, 0.6) is 23.3 Å². The van der Waals surface area contributed by atoms with Gasteiger partial charge in [-0.1, -0.05) is 36.7 Å². The number of carboxylic acid groups (broad SMARTS) is 1. The predicted octanol–water partition coefficient (Wildman–Crippen LogP) is 4.68. The van der Waals surface area contributed by atoms with Crippen LogP contribution in [0, 0.1) is 0 Å². The van der Waals surface area contributed by atoms with Gasteiger partial charge in [-0.15, -0.1) is 0 Å². The van der Waals surface area contributed by atoms with E-state index < -0.39 is 12.0 Å². The third-order valence-electron chi connectivity index (χ3n) is 5.42. The molecular formula is C25H29ClN2O6. The van der Waals surface area contributed by atoms with E-state index in [-0.39, 0.29) is 24.9 Å². The quantitative estimate of drug-likeness (QED) is 0.340. The SMILES string of the molecule is CCCN(Cc1ccc(OCCn2c(O)ccc2O)c(OC)c1)C(C(=O)O)c1ccc(Cl)cc1. The van der Waals surface area contributed by atoms with E-state index in [0.717, 1.165) is 12.0 Å². The van der Waals surface area contributed by atoms with Crippen molar-refractivity contribution in [3.8, 4) is 23.3 Å². The van der Waals surface area contributed by atoms with Crippen molar-refractivity contribution in [3.63, 3.8) is 0 Å². The van der Waals surface area contributed by atoms with Gasteiger partial charge in [0.2, 0.25) is 0 Å². The molecule has 1 unspecified atom stereocenters. The Bertz CT molecular complexity index is 1080. The number of benzene rings is 2. The van der Waals surface area contributed by atoms with Crippen molar-refractivity contribution in [2.45, 2.75) is 32.5 Å². The minimum atomic E-state index is -0.931. The molecule has 0 bridgehead atoms. The number of hydrogen-bond acceptors (Lipinski definition) is 6. The molecule has 1 aromatic heterocycles. The van der Waals surface area contributed by atoms with Gasteiger partial charge in [-0.25, -0.2) is 0 Å². The average molecular weight is 489 g/mol. The van der Waals surface area contributed by atoms with E-state index in [1.807, 2.05) is 24.0 Å². The van der Waals surface area contributed by atoms with Gasteiger partial charge in [-0.3, -0.25) is 14.3 Å². The second-order valence-corrected chi connectivity index (χ2v) is 8.23. The summed E-state index contributed by atoms with van der Waals surface area (Å²) in [7, 11) is 1.53. The van der Waals surface area contributed by atoms with Crippen molar-refractivity contribution >= 4 is 17.6 Å². The summed E-state index contributed by atoms with van der Waals surface area (Å²) in [6.07, 6.45) is 0.786. The van der Waals surface area contributed by atoms with Gasteiger partial charge in [0.25, 0.3) is 0 Å². The Morgan fingerprint density at radius 2 is 1.74 bits per heavy atom. The molecule has 34 heavy (non-hydrogen) atoms. The zero-order valence-corrected chi connectivity index (χ0v) is 19.9. The van der Waals surface area contributed by atoms with Crippen LogP contribution in [0.25, 0.3) is 0 Å². The van der Waals surface area contributed by atoms with E-state index in [4.69, 9.17) is 21.1 Å². The van der Waals surface area contributed by atoms with Crippen LogP contribution in [0.3, 0.4) is 0 Å². The first-order valence-corrected chi connectivity index (χ1v) is 11.3. The van der Waals surface area contributed by atoms with E-state index in [1.165, 1.54) is 23.8 Å². The molecule has 0 aliphatic rings. The van der Waals surface area contributed by atoms with Gasteiger partial charge in [0.05, 0.1) is 13.7 Å². The molecule has 1 atom stereocenters. The lowest BCUT2D eigenvalue weighted by Crippen LogP contribution is -2.34. The first kappa shape index (κ1) is 25.3. The molecule has 8 nitrogen and oxygen atoms in total. The van der Waals surface area contributed by atoms with Crippen molar-refractivity contribution in [1.29, 1.82) is 0 Å². The van der Waals surface area contributed by atoms with Gasteiger partial charge < -0.3 is 24.8 Å². The van der Waals surface area contributed by atoms with Crippen LogP contribution in [-0.2, 0) is 17.9 Å². The summed E-state index contributed by atoms with van der Waals surface area (Å²) in [5.41, 5.74) is 1.53. The fourth-order valence-corrected chi connectivity index (χ4v) is 3.95. The molecule has 0 aliphatic heterocycles. The predicted molar refractivity (Wildman–Crippen MR) is 129 cm³/mol. The number of hydrogen-bond donors (Lipinski definition) is 3. The maximum atomic E-state index is 12.2. The normalized spacial score (nSPS) is 12.0. The van der Waals surface area contributed by atoms with Gasteiger partial charge in [0.15, 0.2) is 23.3 Å². The summed E-state index contributed by atoms with van der Waals surface area (Å²) in [6.45, 7) is 3.44. The Kier molecular flexibility index (Phi) is 8.67. The minimum absolute atomic E-state index is 0.0481. The molecule has 3 rings (SSSR count). The highest BCUT2D eigenvalue weighted by molar-refractivity contribution is 6.30. The van der Waals surface area contributed by atoms with Crippen LogP contribution in [0.4, 0.5) is 0 Å². The molecule has 0 spiro atoms. The lowest BCUT2D eigenvalue weighted by Gasteiger charge is -2.29. The number of halogens is 1. The molecule has 1 heterocycles. The molecular weight excluding hydrogens is 460 g/mol. The summed E-state index contributed by atoms with van der Waals surface area (Å²) in [5.74, 6) is -0.0133. The van der Waals surface area contributed by atoms with E-state index in [0.29, 0.717) is 35.2 Å². The molecule has 0 saturated carbocycles. The monoisotopic (exact) mass is 488 g/mol. The van der Waals surface area contributed by atoms with Gasteiger partial charge in [0.1, 0.15) is 12.6 Å². The Balaban J connectivity index is 1.75. The smallest absolute Gasteiger partial charge is 0.325 e. The van der Waals surface area contributed by atoms with Crippen LogP contribution in [-0.4, -0.2) is 51.0 Å². The highest BCUT2D eigenvalue weighted by Crippen LogP contribution is 2.31. The van der Waals surface area contributed by atoms with Crippen molar-refractivity contribution in [3.05, 3.63) is 70.7 Å². The molecule has 2 aromatic carbocycles. The number of ether oxygens (including phenoxy) is 2. The lowest BCUT2D eigenvalue weighted by molar-refractivity contribution is -0.144. The third-order valence-corrected chi connectivity index (χ3v) is 5.67. The van der Waals surface area contributed by atoms with Crippen LogP contribution in [0.1, 0.15) is 30.5 Å². The molecule has 0 aliphatic carbocycles. The maximum absolute atomic E-state index is 12.2. The molecule has 3 aromatic rings. The average Bonchev–Trinajstić information content (AvgIpc) is 3.13. The molecule has 0 fully saturated rings. The number of aromatic hydroxyl groups is 2. The Morgan fingerprint density at radius 1 is 1.06 bits per heavy atom. The fourth-order valence-electron chi connectivity index (χ4n) is 3.83. The molecule has 9 heteroatoms. The largest absolute Gasteiger partial charge is 0.494 e. The highest BCUT2D eigenvalue weighted by atomic mass is 35.5. The standard InChI is InChI=1S/C25H29ClN2O6/c1-3-12-27(24(25(31)32)18-5-7-19(26)8-6-18)16-17-4-9-20(21(15-17)33-2)34-14-13-28-22(29)10-11-23(28)30/h4-11,15,24,29-30H,3,12-14,16H2,1-2H3,(H,31,32). The molecule has 0 radical (unpaired) electrons. The van der Waals surface area contributed by atoms with Gasteiger partial charge in [-0.2, -0.15) is 0 Å². The first-order chi connectivity index (χ1) is 16.3. The van der Waals surface area contributed by atoms with Crippen LogP contribution < -0.4 is 9.47 Å². The number of aromatic nitrogens is 1. The first-order valence-electron chi connectivity index (χ1n) is 10.9. The Labute approximate surface area is 203 Å². The summed E-state index contributed by atoms with van der Waals surface area (Å²) in [4.78, 5) is 14.1. The Morgan fingerprint density at radius 3 is 2.32 bits per heavy atom. The van der Waals surface area contributed by atoms with Crippen LogP contribution in [0.2, 0.25) is 5.02 Å². The number of rotatable bonds is 12. The zero-order valence-electron chi connectivity index (χ0n) is 19.1. The van der Waals surface area contributed by atoms with Crippen molar-refractivity contribution in [2.24, 2.45) is 0 Å². The second-order valence-electron chi connectivity index (χ2n) is 7.80. The van der Waals surface area contributed by atoms with Gasteiger partial charge >= 0.3 is 5.97 Å². The number of carboxylic acids is 1. The number of carbonyl (C=O) groups is 1. The third kappa shape index (κ3) is 6.15. The molecule has 0 saturated heterocycles. The van der Waals surface area contributed by atoms with Gasteiger partial charge in [0, 0.05) is 23.7 Å². The fraction of sp³-hybridized carbons (Fsp3) is 0.320. The summed E-state index contributed by atoms with van der Waals surface area (Å²) in [6, 6.07) is 14.3. The van der Waals surface area contributed by atoms with E-state index in [9.17, 15) is 20.1 Å². The number of methoxy groups -OCH3 is 1. The van der Waals surface area contributed by atoms with Crippen LogP contribution >= 0.6 is 11.6 Å². The van der Waals surface area contributed by atoms with Crippen LogP contribution in [0.15, 0.2) is 54.6 Å². The molecule has 3 N–H and O–H groups in total. The maximum Gasteiger partial charge on any atom is 0.325 e. The summed E-state index contributed by atoms with van der Waals surface area (Å²) >= 11 is 5.98. The van der Waals surface area contributed by atoms with Gasteiger partial charge in [-0.05, 0) is 48.4 Å². The number of nitrogens with zero attached hydrogens (tertiary/aromatic N) is 2. The highest BCUT2D eigenvalue weighted by Gasteiger charge is 2.27. The molecule has 182 valence electrons. The van der Waals surface area contributed by atoms with E-state index >= 15 is 0 Å². The second kappa shape index (κ2) is 11.7. The topological polar surface area (TPSA) is 104 Å². The van der Waals surface area contributed by atoms with Crippen molar-refractivity contribution in [2.75, 3.05) is 20.3 Å². The lowest BCUT2D eigenvalue weighted by atomic mass is 10.0. The Hall–Kier alpha value is -3.36. The summed E-state index contributed by atoms with van der Waals surface area (Å²) in [5, 5.41) is 30.0. The van der Waals surface area contributed by atoms with Crippen molar-refractivity contribution in [1.82, 2.24) is 9.47 Å². The van der Waals surface area contributed by atoms with Crippen molar-refractivity contribution < 1.29 is 29.6 Å².